The van der Waals surface area contributed by atoms with E-state index in [9.17, 15) is 0 Å². The molecule has 0 aliphatic heterocycles. The Bertz CT molecular complexity index is 298. The number of nitrogens with zero attached hydrogens (tertiary/aromatic N) is 1. The van der Waals surface area contributed by atoms with Crippen molar-refractivity contribution in [2.45, 2.75) is 6.61 Å². The molecule has 0 saturated heterocycles. The normalized spacial score (nSPS) is 10.1. The molecule has 1 aromatic carbocycles. The maximum absolute atomic E-state index is 6.48. The van der Waals surface area contributed by atoms with Gasteiger partial charge >= 0.3 is 0 Å². The number of ether oxygens (including phenoxy) is 1. The quantitative estimate of drug-likeness (QED) is 0.504. The minimum absolute atomic E-state index is 0.497. The average molecular weight is 173 g/mol. The Hall–Kier alpha value is -1.59. The van der Waals surface area contributed by atoms with Crippen LogP contribution in [0.2, 0.25) is 0 Å². The molecule has 0 amide bonds. The van der Waals surface area contributed by atoms with E-state index in [-0.39, 0.29) is 0 Å². The van der Waals surface area contributed by atoms with Crippen molar-refractivity contribution in [1.82, 2.24) is 0 Å². The lowest BCUT2D eigenvalue weighted by Gasteiger charge is -1.99. The first-order chi connectivity index (χ1) is 6.43. The Kier molecular flexibility index (Phi) is 4.37. The molecule has 0 spiro atoms. The van der Waals surface area contributed by atoms with Crippen molar-refractivity contribution in [2.24, 2.45) is 0 Å². The molecule has 0 heterocycles. The molecule has 1 rings (SSSR count). The van der Waals surface area contributed by atoms with E-state index in [4.69, 9.17) is 11.3 Å². The summed E-state index contributed by atoms with van der Waals surface area (Å²) in [5.74, 6) is 0. The van der Waals surface area contributed by atoms with Crippen LogP contribution in [0.4, 0.5) is 0 Å². The van der Waals surface area contributed by atoms with Crippen LogP contribution in [0.3, 0.4) is 0 Å². The van der Waals surface area contributed by atoms with Crippen LogP contribution in [0.25, 0.3) is 4.85 Å². The second-order valence-electron chi connectivity index (χ2n) is 2.51. The van der Waals surface area contributed by atoms with Gasteiger partial charge in [-0.2, -0.15) is 0 Å². The van der Waals surface area contributed by atoms with Crippen molar-refractivity contribution in [3.8, 4) is 0 Å². The SMILES string of the molecule is [C-]#[N+]C=CCOCc1ccccc1. The highest BCUT2D eigenvalue weighted by Gasteiger charge is 1.88. The fourth-order valence-corrected chi connectivity index (χ4v) is 0.915. The zero-order valence-corrected chi connectivity index (χ0v) is 7.31. The number of rotatable bonds is 4. The molecule has 0 bridgehead atoms. The third-order valence-electron chi connectivity index (χ3n) is 1.51. The third-order valence-corrected chi connectivity index (χ3v) is 1.51. The Morgan fingerprint density at radius 1 is 1.31 bits per heavy atom. The minimum Gasteiger partial charge on any atom is -0.374 e. The van der Waals surface area contributed by atoms with Crippen LogP contribution in [0, 0.1) is 6.57 Å². The van der Waals surface area contributed by atoms with E-state index in [0.29, 0.717) is 13.2 Å². The highest BCUT2D eigenvalue weighted by Crippen LogP contribution is 1.99. The lowest BCUT2D eigenvalue weighted by Crippen LogP contribution is -1.91. The van der Waals surface area contributed by atoms with Gasteiger partial charge < -0.3 is 4.74 Å². The van der Waals surface area contributed by atoms with Gasteiger partial charge in [0.05, 0.1) is 19.8 Å². The van der Waals surface area contributed by atoms with Crippen molar-refractivity contribution < 1.29 is 4.74 Å². The molecule has 0 aliphatic carbocycles. The Morgan fingerprint density at radius 2 is 2.08 bits per heavy atom. The summed E-state index contributed by atoms with van der Waals surface area (Å²) in [6.07, 6.45) is 3.11. The molecule has 0 aliphatic rings. The first-order valence-electron chi connectivity index (χ1n) is 4.06. The summed E-state index contributed by atoms with van der Waals surface area (Å²) in [5, 5.41) is 0. The molecule has 2 nitrogen and oxygen atoms in total. The van der Waals surface area contributed by atoms with Gasteiger partial charge in [0.25, 0.3) is 0 Å². The third kappa shape index (κ3) is 4.09. The zero-order chi connectivity index (χ0) is 9.36. The van der Waals surface area contributed by atoms with E-state index in [2.05, 4.69) is 4.85 Å². The smallest absolute Gasteiger partial charge is 0.152 e. The predicted octanol–water partition coefficient (Wildman–Crippen LogP) is 2.64. The molecule has 0 aromatic heterocycles. The highest BCUT2D eigenvalue weighted by atomic mass is 16.5. The molecule has 13 heavy (non-hydrogen) atoms. The molecule has 0 saturated carbocycles. The molecule has 0 radical (unpaired) electrons. The summed E-state index contributed by atoms with van der Waals surface area (Å²) in [6, 6.07) is 9.96. The highest BCUT2D eigenvalue weighted by molar-refractivity contribution is 5.13. The summed E-state index contributed by atoms with van der Waals surface area (Å²) < 4.78 is 5.29. The van der Waals surface area contributed by atoms with Crippen molar-refractivity contribution in [3.05, 3.63) is 59.6 Å². The summed E-state index contributed by atoms with van der Waals surface area (Å²) in [7, 11) is 0. The lowest BCUT2D eigenvalue weighted by atomic mass is 10.2. The Morgan fingerprint density at radius 3 is 2.77 bits per heavy atom. The maximum atomic E-state index is 6.48. The van der Waals surface area contributed by atoms with Crippen LogP contribution in [0.5, 0.6) is 0 Å². The van der Waals surface area contributed by atoms with Crippen LogP contribution in [-0.2, 0) is 11.3 Å². The molecular weight excluding hydrogens is 162 g/mol. The number of benzene rings is 1. The molecule has 0 atom stereocenters. The van der Waals surface area contributed by atoms with Crippen LogP contribution < -0.4 is 0 Å². The molecular formula is C11H11NO. The second-order valence-corrected chi connectivity index (χ2v) is 2.51. The second kappa shape index (κ2) is 5.99. The summed E-state index contributed by atoms with van der Waals surface area (Å²) in [5.41, 5.74) is 1.15. The summed E-state index contributed by atoms with van der Waals surface area (Å²) >= 11 is 0. The topological polar surface area (TPSA) is 13.6 Å². The van der Waals surface area contributed by atoms with Gasteiger partial charge in [0.15, 0.2) is 6.20 Å². The number of hydrogen-bond acceptors (Lipinski definition) is 1. The van der Waals surface area contributed by atoms with Crippen LogP contribution in [-0.4, -0.2) is 6.61 Å². The van der Waals surface area contributed by atoms with Gasteiger partial charge in [-0.25, -0.2) is 4.85 Å². The van der Waals surface area contributed by atoms with Gasteiger partial charge in [-0.3, -0.25) is 0 Å². The average Bonchev–Trinajstić information content (AvgIpc) is 2.19. The number of hydrogen-bond donors (Lipinski definition) is 0. The van der Waals surface area contributed by atoms with Gasteiger partial charge in [0, 0.05) is 0 Å². The molecule has 0 fully saturated rings. The van der Waals surface area contributed by atoms with Crippen molar-refractivity contribution in [2.75, 3.05) is 6.61 Å². The predicted molar refractivity (Wildman–Crippen MR) is 51.8 cm³/mol. The fraction of sp³-hybridized carbons (Fsp3) is 0.182. The Balaban J connectivity index is 2.21. The minimum atomic E-state index is 0.497. The van der Waals surface area contributed by atoms with Crippen molar-refractivity contribution in [1.29, 1.82) is 0 Å². The van der Waals surface area contributed by atoms with E-state index in [0.717, 1.165) is 5.56 Å². The lowest BCUT2D eigenvalue weighted by molar-refractivity contribution is 0.148. The van der Waals surface area contributed by atoms with Gasteiger partial charge in [0.2, 0.25) is 0 Å². The van der Waals surface area contributed by atoms with E-state index in [1.165, 1.54) is 6.20 Å². The maximum Gasteiger partial charge on any atom is 0.152 e. The molecule has 0 unspecified atom stereocenters. The molecule has 66 valence electrons. The standard InChI is InChI=1S/C11H11NO/c1-12-8-5-9-13-10-11-6-3-2-4-7-11/h2-8H,9-10H2. The van der Waals surface area contributed by atoms with Gasteiger partial charge in [0.1, 0.15) is 0 Å². The molecule has 1 aromatic rings. The molecule has 2 heteroatoms. The van der Waals surface area contributed by atoms with Gasteiger partial charge in [-0.1, -0.05) is 36.4 Å². The van der Waals surface area contributed by atoms with Gasteiger partial charge in [-0.15, -0.1) is 0 Å². The van der Waals surface area contributed by atoms with Crippen molar-refractivity contribution in [3.63, 3.8) is 0 Å². The van der Waals surface area contributed by atoms with E-state index >= 15 is 0 Å². The van der Waals surface area contributed by atoms with E-state index in [1.807, 2.05) is 30.3 Å². The van der Waals surface area contributed by atoms with Crippen LogP contribution in [0.1, 0.15) is 5.56 Å². The molecule has 0 N–H and O–H groups in total. The first-order valence-corrected chi connectivity index (χ1v) is 4.06. The first kappa shape index (κ1) is 9.50. The van der Waals surface area contributed by atoms with Gasteiger partial charge in [-0.05, 0) is 5.56 Å². The van der Waals surface area contributed by atoms with Crippen molar-refractivity contribution >= 4 is 0 Å². The van der Waals surface area contributed by atoms with E-state index < -0.39 is 0 Å². The largest absolute Gasteiger partial charge is 0.374 e. The zero-order valence-electron chi connectivity index (χ0n) is 7.31. The van der Waals surface area contributed by atoms with Crippen LogP contribution in [0.15, 0.2) is 42.6 Å². The van der Waals surface area contributed by atoms with E-state index in [1.54, 1.807) is 6.08 Å². The fourth-order valence-electron chi connectivity index (χ4n) is 0.915. The van der Waals surface area contributed by atoms with Crippen LogP contribution >= 0.6 is 0 Å². The summed E-state index contributed by atoms with van der Waals surface area (Å²) in [4.78, 5) is 3.07. The monoisotopic (exact) mass is 173 g/mol. The summed E-state index contributed by atoms with van der Waals surface area (Å²) in [6.45, 7) is 7.58. The Labute approximate surface area is 78.3 Å².